The third-order valence-electron chi connectivity index (χ3n) is 2.14. The highest BCUT2D eigenvalue weighted by Crippen LogP contribution is 2.33. The van der Waals surface area contributed by atoms with E-state index in [2.05, 4.69) is 18.4 Å². The van der Waals surface area contributed by atoms with Crippen LogP contribution in [0.4, 0.5) is 0 Å². The van der Waals surface area contributed by atoms with Crippen LogP contribution in [-0.2, 0) is 0 Å². The molecule has 0 radical (unpaired) electrons. The monoisotopic (exact) mass is 109 g/mol. The van der Waals surface area contributed by atoms with Crippen LogP contribution in [0.3, 0.4) is 0 Å². The second-order valence-corrected chi connectivity index (χ2v) is 2.98. The number of fused-ring (bicyclic) bond motifs is 1. The summed E-state index contributed by atoms with van der Waals surface area (Å²) in [6, 6.07) is 0.782. The van der Waals surface area contributed by atoms with Gasteiger partial charge in [0.05, 0.1) is 0 Å². The molecular formula is C7H11N. The van der Waals surface area contributed by atoms with Crippen LogP contribution in [0.1, 0.15) is 19.8 Å². The standard InChI is InChI=1S/C7H11N/c1-5-2-6-4-8-7(6)3-5/h4-5,7-8H,2-3H2,1H3. The molecule has 1 aliphatic carbocycles. The lowest BCUT2D eigenvalue weighted by molar-refractivity contribution is 0.553. The predicted molar refractivity (Wildman–Crippen MR) is 33.4 cm³/mol. The minimum Gasteiger partial charge on any atom is -0.384 e. The Hall–Kier alpha value is -0.460. The number of hydrogen-bond donors (Lipinski definition) is 1. The maximum atomic E-state index is 3.28. The van der Waals surface area contributed by atoms with Gasteiger partial charge in [0.15, 0.2) is 0 Å². The summed E-state index contributed by atoms with van der Waals surface area (Å²) in [4.78, 5) is 0. The van der Waals surface area contributed by atoms with Crippen molar-refractivity contribution in [3.63, 3.8) is 0 Å². The fourth-order valence-electron chi connectivity index (χ4n) is 1.63. The maximum Gasteiger partial charge on any atom is 0.0487 e. The zero-order valence-corrected chi connectivity index (χ0v) is 5.15. The SMILES string of the molecule is CC1CC2=CNC2C1. The molecule has 0 spiro atoms. The van der Waals surface area contributed by atoms with E-state index in [1.54, 1.807) is 5.57 Å². The van der Waals surface area contributed by atoms with Gasteiger partial charge in [-0.15, -0.1) is 0 Å². The third-order valence-corrected chi connectivity index (χ3v) is 2.14. The first-order valence-electron chi connectivity index (χ1n) is 3.31. The van der Waals surface area contributed by atoms with Crippen molar-refractivity contribution >= 4 is 0 Å². The molecule has 1 saturated carbocycles. The predicted octanol–water partition coefficient (Wildman–Crippen LogP) is 1.27. The summed E-state index contributed by atoms with van der Waals surface area (Å²) in [7, 11) is 0. The van der Waals surface area contributed by atoms with Crippen molar-refractivity contribution in [2.45, 2.75) is 25.8 Å². The van der Waals surface area contributed by atoms with Crippen LogP contribution in [0.25, 0.3) is 0 Å². The second kappa shape index (κ2) is 1.28. The molecule has 8 heavy (non-hydrogen) atoms. The van der Waals surface area contributed by atoms with E-state index in [1.165, 1.54) is 12.8 Å². The van der Waals surface area contributed by atoms with E-state index in [0.717, 1.165) is 12.0 Å². The third kappa shape index (κ3) is 0.417. The fourth-order valence-corrected chi connectivity index (χ4v) is 1.63. The highest BCUT2D eigenvalue weighted by molar-refractivity contribution is 5.24. The summed E-state index contributed by atoms with van der Waals surface area (Å²) in [6.45, 7) is 2.32. The Morgan fingerprint density at radius 2 is 2.62 bits per heavy atom. The minimum atomic E-state index is 0.782. The zero-order valence-electron chi connectivity index (χ0n) is 5.15. The number of rotatable bonds is 0. The van der Waals surface area contributed by atoms with Crippen LogP contribution in [0.5, 0.6) is 0 Å². The van der Waals surface area contributed by atoms with E-state index in [4.69, 9.17) is 0 Å². The van der Waals surface area contributed by atoms with Gasteiger partial charge < -0.3 is 5.32 Å². The largest absolute Gasteiger partial charge is 0.384 e. The summed E-state index contributed by atoms with van der Waals surface area (Å²) >= 11 is 0. The van der Waals surface area contributed by atoms with Crippen molar-refractivity contribution in [2.75, 3.05) is 0 Å². The van der Waals surface area contributed by atoms with Crippen molar-refractivity contribution in [3.8, 4) is 0 Å². The molecule has 1 nitrogen and oxygen atoms in total. The van der Waals surface area contributed by atoms with Gasteiger partial charge in [-0.2, -0.15) is 0 Å². The lowest BCUT2D eigenvalue weighted by Gasteiger charge is -2.21. The van der Waals surface area contributed by atoms with Crippen molar-refractivity contribution in [2.24, 2.45) is 5.92 Å². The number of nitrogens with one attached hydrogen (secondary N) is 1. The van der Waals surface area contributed by atoms with Crippen molar-refractivity contribution in [3.05, 3.63) is 11.8 Å². The van der Waals surface area contributed by atoms with Crippen LogP contribution in [-0.4, -0.2) is 6.04 Å². The molecule has 2 rings (SSSR count). The minimum absolute atomic E-state index is 0.782. The van der Waals surface area contributed by atoms with Gasteiger partial charge in [-0.1, -0.05) is 6.92 Å². The van der Waals surface area contributed by atoms with E-state index in [9.17, 15) is 0 Å². The number of hydrogen-bond acceptors (Lipinski definition) is 1. The van der Waals surface area contributed by atoms with Gasteiger partial charge >= 0.3 is 0 Å². The molecule has 0 aromatic carbocycles. The van der Waals surface area contributed by atoms with Crippen LogP contribution >= 0.6 is 0 Å². The van der Waals surface area contributed by atoms with E-state index in [1.807, 2.05) is 0 Å². The Morgan fingerprint density at radius 3 is 2.88 bits per heavy atom. The Morgan fingerprint density at radius 1 is 1.75 bits per heavy atom. The van der Waals surface area contributed by atoms with Gasteiger partial charge in [0.25, 0.3) is 0 Å². The molecule has 0 saturated heterocycles. The van der Waals surface area contributed by atoms with Crippen LogP contribution in [0, 0.1) is 5.92 Å². The molecule has 0 bridgehead atoms. The van der Waals surface area contributed by atoms with Crippen LogP contribution in [0.15, 0.2) is 11.8 Å². The van der Waals surface area contributed by atoms with Crippen molar-refractivity contribution < 1.29 is 0 Å². The lowest BCUT2D eigenvalue weighted by Crippen LogP contribution is -2.31. The average molecular weight is 109 g/mol. The van der Waals surface area contributed by atoms with Gasteiger partial charge in [0.2, 0.25) is 0 Å². The van der Waals surface area contributed by atoms with Crippen molar-refractivity contribution in [1.29, 1.82) is 0 Å². The molecule has 1 fully saturated rings. The van der Waals surface area contributed by atoms with Gasteiger partial charge in [-0.3, -0.25) is 0 Å². The first-order valence-corrected chi connectivity index (χ1v) is 3.31. The first kappa shape index (κ1) is 4.42. The molecule has 0 amide bonds. The highest BCUT2D eigenvalue weighted by atomic mass is 15.0. The molecule has 1 heterocycles. The Labute approximate surface area is 49.8 Å². The summed E-state index contributed by atoms with van der Waals surface area (Å²) < 4.78 is 0. The summed E-state index contributed by atoms with van der Waals surface area (Å²) in [6.07, 6.45) is 4.87. The van der Waals surface area contributed by atoms with Crippen molar-refractivity contribution in [1.82, 2.24) is 5.32 Å². The van der Waals surface area contributed by atoms with Crippen LogP contribution < -0.4 is 5.32 Å². The van der Waals surface area contributed by atoms with Gasteiger partial charge in [-0.25, -0.2) is 0 Å². The smallest absolute Gasteiger partial charge is 0.0487 e. The molecule has 2 aliphatic rings. The summed E-state index contributed by atoms with van der Waals surface area (Å²) in [5.74, 6) is 0.932. The quantitative estimate of drug-likeness (QED) is 0.494. The van der Waals surface area contributed by atoms with E-state index in [0.29, 0.717) is 0 Å². The van der Waals surface area contributed by atoms with E-state index < -0.39 is 0 Å². The summed E-state index contributed by atoms with van der Waals surface area (Å²) in [5, 5.41) is 3.28. The molecular weight excluding hydrogens is 98.1 g/mol. The summed E-state index contributed by atoms with van der Waals surface area (Å²) in [5.41, 5.74) is 1.65. The molecule has 2 atom stereocenters. The molecule has 0 aromatic rings. The van der Waals surface area contributed by atoms with Gasteiger partial charge in [0, 0.05) is 6.04 Å². The zero-order chi connectivity index (χ0) is 5.56. The second-order valence-electron chi connectivity index (χ2n) is 2.98. The van der Waals surface area contributed by atoms with Gasteiger partial charge in [-0.05, 0) is 30.5 Å². The molecule has 1 aliphatic heterocycles. The van der Waals surface area contributed by atoms with Gasteiger partial charge in [0.1, 0.15) is 0 Å². The van der Waals surface area contributed by atoms with Crippen LogP contribution in [0.2, 0.25) is 0 Å². The molecule has 1 N–H and O–H groups in total. The Bertz CT molecular complexity index is 137. The maximum absolute atomic E-state index is 3.28. The fraction of sp³-hybridized carbons (Fsp3) is 0.714. The topological polar surface area (TPSA) is 12.0 Å². The molecule has 0 aromatic heterocycles. The highest BCUT2D eigenvalue weighted by Gasteiger charge is 2.30. The average Bonchev–Trinajstić information content (AvgIpc) is 1.91. The Balaban J connectivity index is 2.15. The Kier molecular flexibility index (Phi) is 0.706. The lowest BCUT2D eigenvalue weighted by atomic mass is 10.1. The molecule has 44 valence electrons. The molecule has 1 heteroatoms. The van der Waals surface area contributed by atoms with E-state index >= 15 is 0 Å². The normalized spacial score (nSPS) is 41.9. The first-order chi connectivity index (χ1) is 3.86. The van der Waals surface area contributed by atoms with E-state index in [-0.39, 0.29) is 0 Å². The molecule has 2 unspecified atom stereocenters.